The molecule has 0 amide bonds. The molecule has 0 aromatic heterocycles. The number of aryl methyl sites for hydroxylation is 1. The van der Waals surface area contributed by atoms with Gasteiger partial charge in [0.15, 0.2) is 11.6 Å². The molecule has 38 heavy (non-hydrogen) atoms. The number of hydrogen-bond donors (Lipinski definition) is 2. The largest absolute Gasteiger partial charge is 0.423 e. The quantitative estimate of drug-likeness (QED) is 0.164. The first-order chi connectivity index (χ1) is 18.4. The minimum atomic E-state index is -0.727. The van der Waals surface area contributed by atoms with E-state index in [0.717, 1.165) is 16.3 Å². The van der Waals surface area contributed by atoms with Crippen LogP contribution in [0.3, 0.4) is 0 Å². The third-order valence-corrected chi connectivity index (χ3v) is 6.72. The molecule has 0 saturated carbocycles. The summed E-state index contributed by atoms with van der Waals surface area (Å²) in [5, 5.41) is 5.31. The number of anilines is 3. The monoisotopic (exact) mass is 498 g/mol. The summed E-state index contributed by atoms with van der Waals surface area (Å²) in [5.74, 6) is -1.15. The highest BCUT2D eigenvalue weighted by atomic mass is 16.5. The van der Waals surface area contributed by atoms with Gasteiger partial charge in [0.1, 0.15) is 5.75 Å². The van der Waals surface area contributed by atoms with Crippen molar-refractivity contribution in [2.24, 2.45) is 0 Å². The molecule has 3 N–H and O–H groups in total. The molecule has 184 valence electrons. The number of carbonyl (C=O) groups excluding carboxylic acids is 3. The first kappa shape index (κ1) is 23.2. The van der Waals surface area contributed by atoms with Crippen molar-refractivity contribution in [3.05, 3.63) is 130 Å². The van der Waals surface area contributed by atoms with Crippen LogP contribution in [0, 0.1) is 6.92 Å². The van der Waals surface area contributed by atoms with E-state index >= 15 is 0 Å². The number of ketones is 2. The van der Waals surface area contributed by atoms with Gasteiger partial charge in [-0.25, -0.2) is 4.79 Å². The number of fused-ring (bicyclic) bond motifs is 3. The summed E-state index contributed by atoms with van der Waals surface area (Å²) in [6.07, 6.45) is 0. The average molecular weight is 499 g/mol. The second-order valence-electron chi connectivity index (χ2n) is 9.23. The third kappa shape index (κ3) is 3.89. The summed E-state index contributed by atoms with van der Waals surface area (Å²) >= 11 is 0. The highest BCUT2D eigenvalue weighted by Crippen LogP contribution is 2.39. The Morgan fingerprint density at radius 1 is 0.737 bits per heavy atom. The topological polar surface area (TPSA) is 98.5 Å². The predicted molar refractivity (Wildman–Crippen MR) is 148 cm³/mol. The van der Waals surface area contributed by atoms with Crippen LogP contribution in [0.2, 0.25) is 0 Å². The third-order valence-electron chi connectivity index (χ3n) is 6.72. The highest BCUT2D eigenvalue weighted by molar-refractivity contribution is 6.32. The Labute approximate surface area is 218 Å². The number of ether oxygens (including phenoxy) is 1. The number of benzene rings is 5. The Morgan fingerprint density at radius 3 is 2.08 bits per heavy atom. The molecule has 1 aliphatic rings. The van der Waals surface area contributed by atoms with Gasteiger partial charge in [-0.2, -0.15) is 0 Å². The molecule has 5 aromatic carbocycles. The van der Waals surface area contributed by atoms with Crippen molar-refractivity contribution in [3.8, 4) is 5.75 Å². The van der Waals surface area contributed by atoms with Gasteiger partial charge >= 0.3 is 5.97 Å². The fourth-order valence-electron chi connectivity index (χ4n) is 4.78. The predicted octanol–water partition coefficient (Wildman–Crippen LogP) is 6.47. The minimum Gasteiger partial charge on any atom is -0.423 e. The van der Waals surface area contributed by atoms with E-state index in [9.17, 15) is 14.4 Å². The fourth-order valence-corrected chi connectivity index (χ4v) is 4.78. The van der Waals surface area contributed by atoms with Crippen LogP contribution in [0.1, 0.15) is 47.8 Å². The van der Waals surface area contributed by atoms with Crippen molar-refractivity contribution in [1.82, 2.24) is 0 Å². The van der Waals surface area contributed by atoms with Crippen molar-refractivity contribution in [2.45, 2.75) is 6.92 Å². The van der Waals surface area contributed by atoms with Crippen LogP contribution in [-0.2, 0) is 0 Å². The van der Waals surface area contributed by atoms with Gasteiger partial charge in [0.05, 0.1) is 28.1 Å². The van der Waals surface area contributed by atoms with Gasteiger partial charge in [0.2, 0.25) is 0 Å². The number of nitrogens with one attached hydrogen (secondary N) is 1. The Kier molecular flexibility index (Phi) is 5.50. The van der Waals surface area contributed by atoms with Crippen LogP contribution in [-0.4, -0.2) is 17.5 Å². The summed E-state index contributed by atoms with van der Waals surface area (Å²) in [6, 6.07) is 28.7. The Balaban J connectivity index is 1.51. The van der Waals surface area contributed by atoms with E-state index < -0.39 is 11.8 Å². The number of nitrogen functional groups attached to an aromatic ring is 1. The molecule has 0 aliphatic heterocycles. The number of hydrogen-bond acceptors (Lipinski definition) is 6. The van der Waals surface area contributed by atoms with Crippen LogP contribution < -0.4 is 15.8 Å². The van der Waals surface area contributed by atoms with Crippen molar-refractivity contribution >= 4 is 45.4 Å². The molecule has 0 heterocycles. The van der Waals surface area contributed by atoms with Crippen molar-refractivity contribution in [1.29, 1.82) is 0 Å². The van der Waals surface area contributed by atoms with E-state index in [1.54, 1.807) is 36.4 Å². The zero-order chi connectivity index (χ0) is 26.4. The maximum Gasteiger partial charge on any atom is 0.345 e. The SMILES string of the molecule is Cc1ccc(OC(=O)c2cc(Nc3ccc4ccccc4c3)c3c(c2N)C(=O)c2ccccc2C3=O)cc1. The molecule has 6 nitrogen and oxygen atoms in total. The summed E-state index contributed by atoms with van der Waals surface area (Å²) < 4.78 is 5.58. The molecule has 0 fully saturated rings. The number of nitrogens with two attached hydrogens (primary N) is 1. The summed E-state index contributed by atoms with van der Waals surface area (Å²) in [4.78, 5) is 40.6. The molecule has 0 spiro atoms. The molecular formula is C32H22N2O4. The smallest absolute Gasteiger partial charge is 0.345 e. The molecule has 1 aliphatic carbocycles. The maximum absolute atomic E-state index is 13.7. The number of rotatable bonds is 4. The van der Waals surface area contributed by atoms with Crippen LogP contribution in [0.25, 0.3) is 10.8 Å². The summed E-state index contributed by atoms with van der Waals surface area (Å²) in [5.41, 5.74) is 9.00. The normalized spacial score (nSPS) is 12.1. The molecule has 0 saturated heterocycles. The Hall–Kier alpha value is -5.23. The van der Waals surface area contributed by atoms with Gasteiger partial charge < -0.3 is 15.8 Å². The van der Waals surface area contributed by atoms with E-state index in [0.29, 0.717) is 22.7 Å². The zero-order valence-electron chi connectivity index (χ0n) is 20.4. The number of carbonyl (C=O) groups is 3. The van der Waals surface area contributed by atoms with E-state index in [2.05, 4.69) is 5.32 Å². The average Bonchev–Trinajstić information content (AvgIpc) is 2.93. The second-order valence-corrected chi connectivity index (χ2v) is 9.23. The first-order valence-corrected chi connectivity index (χ1v) is 12.1. The van der Waals surface area contributed by atoms with E-state index in [1.807, 2.05) is 61.5 Å². The summed E-state index contributed by atoms with van der Waals surface area (Å²) in [6.45, 7) is 1.93. The van der Waals surface area contributed by atoms with Crippen molar-refractivity contribution in [2.75, 3.05) is 11.1 Å². The zero-order valence-corrected chi connectivity index (χ0v) is 20.4. The van der Waals surface area contributed by atoms with Crippen LogP contribution >= 0.6 is 0 Å². The van der Waals surface area contributed by atoms with Crippen LogP contribution in [0.4, 0.5) is 17.1 Å². The van der Waals surface area contributed by atoms with Crippen LogP contribution in [0.5, 0.6) is 5.75 Å². The van der Waals surface area contributed by atoms with Gasteiger partial charge in [0.25, 0.3) is 0 Å². The van der Waals surface area contributed by atoms with Crippen molar-refractivity contribution < 1.29 is 19.1 Å². The molecular weight excluding hydrogens is 476 g/mol. The lowest BCUT2D eigenvalue weighted by Crippen LogP contribution is -2.25. The molecule has 0 atom stereocenters. The fraction of sp³-hybridized carbons (Fsp3) is 0.0312. The van der Waals surface area contributed by atoms with Gasteiger partial charge in [0, 0.05) is 16.8 Å². The molecule has 0 unspecified atom stereocenters. The maximum atomic E-state index is 13.7. The van der Waals surface area contributed by atoms with E-state index in [-0.39, 0.29) is 33.7 Å². The van der Waals surface area contributed by atoms with Gasteiger partial charge in [-0.1, -0.05) is 72.3 Å². The van der Waals surface area contributed by atoms with Crippen LogP contribution in [0.15, 0.2) is 97.1 Å². The second kappa shape index (κ2) is 9.01. The molecule has 0 radical (unpaired) electrons. The lowest BCUT2D eigenvalue weighted by Gasteiger charge is -2.24. The minimum absolute atomic E-state index is 0.00431. The molecule has 6 heteroatoms. The summed E-state index contributed by atoms with van der Waals surface area (Å²) in [7, 11) is 0. The molecule has 6 rings (SSSR count). The number of esters is 1. The Morgan fingerprint density at radius 2 is 1.37 bits per heavy atom. The molecule has 5 aromatic rings. The van der Waals surface area contributed by atoms with Crippen molar-refractivity contribution in [3.63, 3.8) is 0 Å². The van der Waals surface area contributed by atoms with Gasteiger partial charge in [-0.15, -0.1) is 0 Å². The lowest BCUT2D eigenvalue weighted by molar-refractivity contribution is 0.0735. The first-order valence-electron chi connectivity index (χ1n) is 12.1. The van der Waals surface area contributed by atoms with Gasteiger partial charge in [-0.05, 0) is 48.0 Å². The van der Waals surface area contributed by atoms with E-state index in [4.69, 9.17) is 10.5 Å². The van der Waals surface area contributed by atoms with E-state index in [1.165, 1.54) is 6.07 Å². The van der Waals surface area contributed by atoms with Gasteiger partial charge in [-0.3, -0.25) is 9.59 Å². The lowest BCUT2D eigenvalue weighted by atomic mass is 9.81. The standard InChI is InChI=1S/C32H22N2O4/c1-18-10-14-22(15-11-18)38-32(37)25-17-26(34-21-13-12-19-6-2-3-7-20(19)16-21)27-28(29(25)33)31(36)24-9-5-4-8-23(24)30(27)35/h2-17,34H,33H2,1H3. The Bertz CT molecular complexity index is 1790. The molecule has 0 bridgehead atoms. The highest BCUT2D eigenvalue weighted by Gasteiger charge is 2.36.